The van der Waals surface area contributed by atoms with E-state index in [0.29, 0.717) is 0 Å². The number of aliphatic hydroxyl groups is 1. The normalized spacial score (nSPS) is 23.4. The number of nitrogens with zero attached hydrogens (tertiary/aromatic N) is 3. The van der Waals surface area contributed by atoms with Crippen LogP contribution in [0, 0.1) is 6.92 Å². The molecule has 1 fully saturated rings. The van der Waals surface area contributed by atoms with Gasteiger partial charge in [-0.1, -0.05) is 12.8 Å². The molecule has 0 unspecified atom stereocenters. The van der Waals surface area contributed by atoms with Gasteiger partial charge >= 0.3 is 0 Å². The first-order chi connectivity index (χ1) is 9.65. The molecule has 108 valence electrons. The lowest BCUT2D eigenvalue weighted by Crippen LogP contribution is -2.41. The molecular formula is C15H22N4O. The molecule has 2 N–H and O–H groups in total. The lowest BCUT2D eigenvalue weighted by molar-refractivity contribution is 0.0902. The van der Waals surface area contributed by atoms with Crippen LogP contribution in [0.2, 0.25) is 0 Å². The maximum Gasteiger partial charge on any atom is 0.157 e. The molecule has 0 aromatic carbocycles. The molecule has 3 rings (SSSR count). The molecule has 0 aliphatic heterocycles. The summed E-state index contributed by atoms with van der Waals surface area (Å²) in [5.74, 6) is 0. The lowest BCUT2D eigenvalue weighted by atomic mass is 9.92. The summed E-state index contributed by atoms with van der Waals surface area (Å²) in [5, 5.41) is 18.9. The second-order valence-corrected chi connectivity index (χ2v) is 5.76. The molecular weight excluding hydrogens is 252 g/mol. The van der Waals surface area contributed by atoms with Crippen LogP contribution < -0.4 is 5.32 Å². The van der Waals surface area contributed by atoms with E-state index in [-0.39, 0.29) is 12.1 Å². The van der Waals surface area contributed by atoms with Crippen LogP contribution in [0.5, 0.6) is 0 Å². The molecule has 0 bridgehead atoms. The molecule has 2 aromatic heterocycles. The summed E-state index contributed by atoms with van der Waals surface area (Å²) in [6, 6.07) is 2.36. The zero-order valence-electron chi connectivity index (χ0n) is 12.1. The van der Waals surface area contributed by atoms with Gasteiger partial charge in [-0.15, -0.1) is 0 Å². The Morgan fingerprint density at radius 3 is 3.00 bits per heavy atom. The van der Waals surface area contributed by atoms with Gasteiger partial charge in [-0.3, -0.25) is 4.68 Å². The molecule has 5 nitrogen and oxygen atoms in total. The molecule has 2 aromatic rings. The van der Waals surface area contributed by atoms with Crippen molar-refractivity contribution >= 4 is 11.0 Å². The molecule has 5 heteroatoms. The summed E-state index contributed by atoms with van der Waals surface area (Å²) >= 11 is 0. The predicted molar refractivity (Wildman–Crippen MR) is 78.3 cm³/mol. The second kappa shape index (κ2) is 5.50. The van der Waals surface area contributed by atoms with Crippen molar-refractivity contribution in [3.05, 3.63) is 23.5 Å². The minimum atomic E-state index is -0.208. The van der Waals surface area contributed by atoms with E-state index in [1.165, 1.54) is 6.42 Å². The number of rotatable bonds is 3. The highest BCUT2D eigenvalue weighted by atomic mass is 16.3. The van der Waals surface area contributed by atoms with Crippen molar-refractivity contribution < 1.29 is 5.11 Å². The first kappa shape index (κ1) is 13.5. The van der Waals surface area contributed by atoms with Crippen LogP contribution in [0.25, 0.3) is 11.0 Å². The van der Waals surface area contributed by atoms with E-state index >= 15 is 0 Å². The highest BCUT2D eigenvalue weighted by molar-refractivity contribution is 5.78. The summed E-state index contributed by atoms with van der Waals surface area (Å²) in [6.45, 7) is 2.76. The molecule has 2 atom stereocenters. The number of aryl methyl sites for hydroxylation is 2. The maximum atomic E-state index is 9.97. The number of aromatic nitrogens is 3. The fourth-order valence-corrected chi connectivity index (χ4v) is 3.05. The Balaban J connectivity index is 1.72. The minimum absolute atomic E-state index is 0.208. The van der Waals surface area contributed by atoms with Crippen molar-refractivity contribution in [1.82, 2.24) is 20.1 Å². The number of hydrogen-bond donors (Lipinski definition) is 2. The van der Waals surface area contributed by atoms with E-state index in [0.717, 1.165) is 48.1 Å². The van der Waals surface area contributed by atoms with Gasteiger partial charge in [0, 0.05) is 31.2 Å². The van der Waals surface area contributed by atoms with Crippen molar-refractivity contribution in [3.63, 3.8) is 0 Å². The van der Waals surface area contributed by atoms with Gasteiger partial charge in [0.1, 0.15) is 0 Å². The maximum absolute atomic E-state index is 9.97. The van der Waals surface area contributed by atoms with E-state index in [2.05, 4.69) is 21.5 Å². The number of nitrogens with one attached hydrogen (secondary N) is 1. The lowest BCUT2D eigenvalue weighted by Gasteiger charge is -2.28. The topological polar surface area (TPSA) is 63.0 Å². The van der Waals surface area contributed by atoms with Gasteiger partial charge in [-0.25, -0.2) is 4.98 Å². The quantitative estimate of drug-likeness (QED) is 0.893. The van der Waals surface area contributed by atoms with Crippen molar-refractivity contribution in [2.24, 2.45) is 7.05 Å². The fraction of sp³-hybridized carbons (Fsp3) is 0.600. The summed E-state index contributed by atoms with van der Waals surface area (Å²) in [7, 11) is 1.92. The second-order valence-electron chi connectivity index (χ2n) is 5.76. The Hall–Kier alpha value is -1.46. The summed E-state index contributed by atoms with van der Waals surface area (Å²) < 4.78 is 1.81. The van der Waals surface area contributed by atoms with Crippen LogP contribution in [0.1, 0.15) is 36.9 Å². The van der Waals surface area contributed by atoms with Gasteiger partial charge < -0.3 is 10.4 Å². The van der Waals surface area contributed by atoms with Crippen molar-refractivity contribution in [3.8, 4) is 0 Å². The Morgan fingerprint density at radius 1 is 1.40 bits per heavy atom. The van der Waals surface area contributed by atoms with Crippen molar-refractivity contribution in [2.75, 3.05) is 0 Å². The standard InChI is InChI=1S/C15H22N4O/c1-10-12-7-11(9-17-15(12)19(2)18-10)8-16-13-5-3-4-6-14(13)20/h7,9,13-14,16,20H,3-6,8H2,1-2H3/t13-,14-/m1/s1. The van der Waals surface area contributed by atoms with Gasteiger partial charge in [0.15, 0.2) is 5.65 Å². The Bertz CT molecular complexity index is 607. The Morgan fingerprint density at radius 2 is 2.20 bits per heavy atom. The summed E-state index contributed by atoms with van der Waals surface area (Å²) in [6.07, 6.45) is 6.00. The van der Waals surface area contributed by atoms with Crippen LogP contribution >= 0.6 is 0 Å². The first-order valence-corrected chi connectivity index (χ1v) is 7.35. The fourth-order valence-electron chi connectivity index (χ4n) is 3.05. The average molecular weight is 274 g/mol. The van der Waals surface area contributed by atoms with Crippen LogP contribution in [0.15, 0.2) is 12.3 Å². The van der Waals surface area contributed by atoms with Crippen LogP contribution in [0.3, 0.4) is 0 Å². The van der Waals surface area contributed by atoms with E-state index in [1.807, 2.05) is 24.9 Å². The zero-order chi connectivity index (χ0) is 14.1. The van der Waals surface area contributed by atoms with E-state index in [1.54, 1.807) is 0 Å². The molecule has 0 radical (unpaired) electrons. The molecule has 2 heterocycles. The Labute approximate surface area is 119 Å². The molecule has 20 heavy (non-hydrogen) atoms. The number of fused-ring (bicyclic) bond motifs is 1. The SMILES string of the molecule is Cc1nn(C)c2ncc(CN[C@@H]3CCCC[C@H]3O)cc12. The minimum Gasteiger partial charge on any atom is -0.392 e. The third kappa shape index (κ3) is 2.55. The van der Waals surface area contributed by atoms with E-state index in [9.17, 15) is 5.11 Å². The van der Waals surface area contributed by atoms with Crippen LogP contribution in [0.4, 0.5) is 0 Å². The highest BCUT2D eigenvalue weighted by Crippen LogP contribution is 2.20. The van der Waals surface area contributed by atoms with Crippen LogP contribution in [-0.2, 0) is 13.6 Å². The summed E-state index contributed by atoms with van der Waals surface area (Å²) in [5.41, 5.74) is 3.07. The van der Waals surface area contributed by atoms with Gasteiger partial charge in [-0.2, -0.15) is 5.10 Å². The molecule has 1 aliphatic carbocycles. The first-order valence-electron chi connectivity index (χ1n) is 7.35. The van der Waals surface area contributed by atoms with Gasteiger partial charge in [0.2, 0.25) is 0 Å². The molecule has 0 saturated heterocycles. The molecule has 0 amide bonds. The van der Waals surface area contributed by atoms with Crippen LogP contribution in [-0.4, -0.2) is 32.0 Å². The largest absolute Gasteiger partial charge is 0.392 e. The molecule has 1 saturated carbocycles. The van der Waals surface area contributed by atoms with Gasteiger partial charge in [0.05, 0.1) is 11.8 Å². The highest BCUT2D eigenvalue weighted by Gasteiger charge is 2.22. The van der Waals surface area contributed by atoms with Gasteiger partial charge in [0.25, 0.3) is 0 Å². The number of aliphatic hydroxyl groups excluding tert-OH is 1. The monoisotopic (exact) mass is 274 g/mol. The smallest absolute Gasteiger partial charge is 0.157 e. The predicted octanol–water partition coefficient (Wildman–Crippen LogP) is 1.67. The Kier molecular flexibility index (Phi) is 3.72. The van der Waals surface area contributed by atoms with E-state index < -0.39 is 0 Å². The van der Waals surface area contributed by atoms with E-state index in [4.69, 9.17) is 0 Å². The van der Waals surface area contributed by atoms with Gasteiger partial charge in [-0.05, 0) is 31.4 Å². The zero-order valence-corrected chi connectivity index (χ0v) is 12.1. The third-order valence-electron chi connectivity index (χ3n) is 4.22. The third-order valence-corrected chi connectivity index (χ3v) is 4.22. The summed E-state index contributed by atoms with van der Waals surface area (Å²) in [4.78, 5) is 4.48. The van der Waals surface area contributed by atoms with Crippen molar-refractivity contribution in [2.45, 2.75) is 51.3 Å². The molecule has 1 aliphatic rings. The molecule has 0 spiro atoms. The number of hydrogen-bond acceptors (Lipinski definition) is 4. The van der Waals surface area contributed by atoms with Crippen molar-refractivity contribution in [1.29, 1.82) is 0 Å². The number of pyridine rings is 1. The average Bonchev–Trinajstić information content (AvgIpc) is 2.73.